The Bertz CT molecular complexity index is 1070. The Hall–Kier alpha value is -3.74. The first kappa shape index (κ1) is 16.7. The van der Waals surface area contributed by atoms with Gasteiger partial charge in [-0.15, -0.1) is 0 Å². The lowest BCUT2D eigenvalue weighted by molar-refractivity contribution is -0.116. The molecule has 0 unspecified atom stereocenters. The predicted molar refractivity (Wildman–Crippen MR) is 98.2 cm³/mol. The van der Waals surface area contributed by atoms with Crippen molar-refractivity contribution >= 4 is 11.6 Å². The fraction of sp³-hybridized carbons (Fsp3) is 0.0500. The highest BCUT2D eigenvalue weighted by atomic mass is 19.1. The zero-order chi connectivity index (χ0) is 18.6. The number of aromatic nitrogens is 3. The number of carbonyl (C=O) groups is 1. The third kappa shape index (κ3) is 3.62. The van der Waals surface area contributed by atoms with Gasteiger partial charge in [0, 0.05) is 11.8 Å². The van der Waals surface area contributed by atoms with Gasteiger partial charge in [-0.25, -0.2) is 4.39 Å². The van der Waals surface area contributed by atoms with E-state index in [0.29, 0.717) is 17.4 Å². The molecular weight excluding hydrogens is 347 g/mol. The zero-order valence-corrected chi connectivity index (χ0v) is 14.2. The zero-order valence-electron chi connectivity index (χ0n) is 14.2. The Labute approximate surface area is 154 Å². The summed E-state index contributed by atoms with van der Waals surface area (Å²) in [5.74, 6) is -0.0740. The number of anilines is 1. The molecule has 0 aliphatic heterocycles. The van der Waals surface area contributed by atoms with Crippen molar-refractivity contribution in [3.63, 3.8) is 0 Å². The second-order valence-corrected chi connectivity index (χ2v) is 5.84. The van der Waals surface area contributed by atoms with Crippen molar-refractivity contribution in [3.05, 3.63) is 78.7 Å². The van der Waals surface area contributed by atoms with Crippen molar-refractivity contribution < 1.29 is 13.7 Å². The van der Waals surface area contributed by atoms with Crippen molar-refractivity contribution in [1.82, 2.24) is 14.7 Å². The summed E-state index contributed by atoms with van der Waals surface area (Å²) in [6.07, 6.45) is 1.72. The number of benzene rings is 2. The van der Waals surface area contributed by atoms with Gasteiger partial charge >= 0.3 is 0 Å². The molecule has 134 valence electrons. The normalized spacial score (nSPS) is 10.7. The predicted octanol–water partition coefficient (Wildman–Crippen LogP) is 3.98. The van der Waals surface area contributed by atoms with Gasteiger partial charge in [-0.05, 0) is 24.3 Å². The van der Waals surface area contributed by atoms with Crippen LogP contribution in [0.15, 0.2) is 77.4 Å². The molecule has 2 aromatic carbocycles. The molecule has 0 bridgehead atoms. The first-order chi connectivity index (χ1) is 13.2. The first-order valence-corrected chi connectivity index (χ1v) is 8.30. The number of carbonyl (C=O) groups excluding carboxylic acids is 1. The van der Waals surface area contributed by atoms with Crippen LogP contribution >= 0.6 is 0 Å². The number of para-hydroxylation sites is 1. The lowest BCUT2D eigenvalue weighted by atomic mass is 10.2. The lowest BCUT2D eigenvalue weighted by Crippen LogP contribution is -2.19. The SMILES string of the molecule is O=C(Cn1cccc1-c1nc(-c2ccccc2)no1)Nc1ccccc1F. The molecule has 1 N–H and O–H groups in total. The molecule has 0 fully saturated rings. The molecule has 27 heavy (non-hydrogen) atoms. The highest BCUT2D eigenvalue weighted by Crippen LogP contribution is 2.23. The summed E-state index contributed by atoms with van der Waals surface area (Å²) in [6, 6.07) is 19.0. The minimum atomic E-state index is -0.483. The van der Waals surface area contributed by atoms with Crippen molar-refractivity contribution in [1.29, 1.82) is 0 Å². The van der Waals surface area contributed by atoms with Gasteiger partial charge in [-0.3, -0.25) is 4.79 Å². The monoisotopic (exact) mass is 362 g/mol. The van der Waals surface area contributed by atoms with E-state index in [2.05, 4.69) is 15.5 Å². The third-order valence-corrected chi connectivity index (χ3v) is 3.97. The molecule has 6 nitrogen and oxygen atoms in total. The van der Waals surface area contributed by atoms with Crippen molar-refractivity contribution in [2.45, 2.75) is 6.54 Å². The molecule has 1 amide bonds. The fourth-order valence-electron chi connectivity index (χ4n) is 2.69. The molecule has 4 aromatic rings. The average molecular weight is 362 g/mol. The molecular formula is C20H15FN4O2. The highest BCUT2D eigenvalue weighted by molar-refractivity contribution is 5.91. The van der Waals surface area contributed by atoms with Crippen LogP contribution < -0.4 is 5.32 Å². The number of nitrogens with zero attached hydrogens (tertiary/aromatic N) is 3. The van der Waals surface area contributed by atoms with E-state index in [0.717, 1.165) is 5.56 Å². The van der Waals surface area contributed by atoms with Gasteiger partial charge in [0.2, 0.25) is 11.7 Å². The van der Waals surface area contributed by atoms with Crippen LogP contribution in [0.2, 0.25) is 0 Å². The fourth-order valence-corrected chi connectivity index (χ4v) is 2.69. The second-order valence-electron chi connectivity index (χ2n) is 5.84. The summed E-state index contributed by atoms with van der Waals surface area (Å²) in [6.45, 7) is -0.0142. The van der Waals surface area contributed by atoms with E-state index in [1.165, 1.54) is 12.1 Å². The maximum atomic E-state index is 13.7. The molecule has 7 heteroatoms. The van der Waals surface area contributed by atoms with E-state index in [9.17, 15) is 9.18 Å². The molecule has 2 heterocycles. The first-order valence-electron chi connectivity index (χ1n) is 8.30. The summed E-state index contributed by atoms with van der Waals surface area (Å²) in [5, 5.41) is 6.55. The maximum absolute atomic E-state index is 13.7. The van der Waals surface area contributed by atoms with Crippen molar-refractivity contribution in [2.24, 2.45) is 0 Å². The summed E-state index contributed by atoms with van der Waals surface area (Å²) >= 11 is 0. The van der Waals surface area contributed by atoms with Crippen molar-refractivity contribution in [3.8, 4) is 23.0 Å². The van der Waals surface area contributed by atoms with Crippen LogP contribution in [-0.2, 0) is 11.3 Å². The minimum absolute atomic E-state index is 0.0142. The molecule has 4 rings (SSSR count). The summed E-state index contributed by atoms with van der Waals surface area (Å²) in [5.41, 5.74) is 1.58. The quantitative estimate of drug-likeness (QED) is 0.583. The summed E-state index contributed by atoms with van der Waals surface area (Å²) < 4.78 is 20.7. The van der Waals surface area contributed by atoms with Gasteiger partial charge in [0.1, 0.15) is 18.1 Å². The van der Waals surface area contributed by atoms with E-state index in [4.69, 9.17) is 4.52 Å². The number of hydrogen-bond acceptors (Lipinski definition) is 4. The molecule has 0 radical (unpaired) electrons. The van der Waals surface area contributed by atoms with Crippen LogP contribution in [0.3, 0.4) is 0 Å². The Morgan fingerprint density at radius 1 is 1.04 bits per heavy atom. The van der Waals surface area contributed by atoms with E-state index < -0.39 is 5.82 Å². The summed E-state index contributed by atoms with van der Waals surface area (Å²) in [4.78, 5) is 16.7. The van der Waals surface area contributed by atoms with Crippen LogP contribution in [0, 0.1) is 5.82 Å². The third-order valence-electron chi connectivity index (χ3n) is 3.97. The number of halogens is 1. The Kier molecular flexibility index (Phi) is 4.49. The highest BCUT2D eigenvalue weighted by Gasteiger charge is 2.16. The van der Waals surface area contributed by atoms with Gasteiger partial charge in [-0.1, -0.05) is 47.6 Å². The van der Waals surface area contributed by atoms with Gasteiger partial charge in [-0.2, -0.15) is 4.98 Å². The number of nitrogens with one attached hydrogen (secondary N) is 1. The molecule has 0 aliphatic rings. The molecule has 0 saturated carbocycles. The van der Waals surface area contributed by atoms with Crippen LogP contribution in [-0.4, -0.2) is 20.6 Å². The van der Waals surface area contributed by atoms with Crippen LogP contribution in [0.4, 0.5) is 10.1 Å². The minimum Gasteiger partial charge on any atom is -0.334 e. The Morgan fingerprint density at radius 2 is 1.81 bits per heavy atom. The lowest BCUT2D eigenvalue weighted by Gasteiger charge is -2.08. The molecule has 0 spiro atoms. The van der Waals surface area contributed by atoms with Crippen LogP contribution in [0.1, 0.15) is 0 Å². The van der Waals surface area contributed by atoms with E-state index in [1.807, 2.05) is 30.3 Å². The Balaban J connectivity index is 1.53. The largest absolute Gasteiger partial charge is 0.334 e. The van der Waals surface area contributed by atoms with Gasteiger partial charge < -0.3 is 14.4 Å². The second kappa shape index (κ2) is 7.25. The van der Waals surface area contributed by atoms with E-state index in [-0.39, 0.29) is 18.1 Å². The van der Waals surface area contributed by atoms with Gasteiger partial charge in [0.25, 0.3) is 5.89 Å². The van der Waals surface area contributed by atoms with Gasteiger partial charge in [0.05, 0.1) is 5.69 Å². The number of hydrogen-bond donors (Lipinski definition) is 1. The maximum Gasteiger partial charge on any atom is 0.274 e. The van der Waals surface area contributed by atoms with E-state index >= 15 is 0 Å². The molecule has 0 aliphatic carbocycles. The molecule has 0 atom stereocenters. The number of amides is 1. The van der Waals surface area contributed by atoms with Crippen molar-refractivity contribution in [2.75, 3.05) is 5.32 Å². The molecule has 0 saturated heterocycles. The number of rotatable bonds is 5. The van der Waals surface area contributed by atoms with Gasteiger partial charge in [0.15, 0.2) is 0 Å². The van der Waals surface area contributed by atoms with Crippen LogP contribution in [0.5, 0.6) is 0 Å². The average Bonchev–Trinajstić information content (AvgIpc) is 3.33. The molecule has 2 aromatic heterocycles. The van der Waals surface area contributed by atoms with E-state index in [1.54, 1.807) is 35.0 Å². The van der Waals surface area contributed by atoms with Crippen LogP contribution in [0.25, 0.3) is 23.0 Å². The smallest absolute Gasteiger partial charge is 0.274 e. The summed E-state index contributed by atoms with van der Waals surface area (Å²) in [7, 11) is 0. The Morgan fingerprint density at radius 3 is 2.63 bits per heavy atom. The topological polar surface area (TPSA) is 73.0 Å². The standard InChI is InChI=1S/C20H15FN4O2/c21-15-9-4-5-10-16(15)22-18(26)13-25-12-6-11-17(25)20-23-19(24-27-20)14-7-2-1-3-8-14/h1-12H,13H2,(H,22,26).